The number of allylic oxidation sites excluding steroid dienone is 1. The molecular weight excluding hydrogens is 385 g/mol. The van der Waals surface area contributed by atoms with Crippen LogP contribution in [-0.4, -0.2) is 35.8 Å². The maximum Gasteiger partial charge on any atom is 0.325 e. The van der Waals surface area contributed by atoms with Crippen molar-refractivity contribution in [2.75, 3.05) is 13.1 Å². The molecule has 7 heteroatoms. The van der Waals surface area contributed by atoms with E-state index in [1.807, 2.05) is 6.92 Å². The molecule has 1 fully saturated rings. The van der Waals surface area contributed by atoms with E-state index < -0.39 is 23.3 Å². The van der Waals surface area contributed by atoms with Gasteiger partial charge in [-0.15, -0.1) is 0 Å². The number of rotatable bonds is 9. The van der Waals surface area contributed by atoms with Crippen LogP contribution in [0.5, 0.6) is 0 Å². The molecule has 30 heavy (non-hydrogen) atoms. The van der Waals surface area contributed by atoms with Crippen molar-refractivity contribution in [3.05, 3.63) is 47.3 Å². The second kappa shape index (κ2) is 9.87. The van der Waals surface area contributed by atoms with Crippen LogP contribution in [0.2, 0.25) is 0 Å². The van der Waals surface area contributed by atoms with Gasteiger partial charge < -0.3 is 10.6 Å². The summed E-state index contributed by atoms with van der Waals surface area (Å²) in [4.78, 5) is 39.2. The first-order valence-corrected chi connectivity index (χ1v) is 10.8. The van der Waals surface area contributed by atoms with Crippen molar-refractivity contribution in [3.8, 4) is 0 Å². The fraction of sp³-hybridized carbons (Fsp3) is 0.522. The van der Waals surface area contributed by atoms with E-state index in [-0.39, 0.29) is 12.5 Å². The first-order chi connectivity index (χ1) is 14.5. The Bertz CT molecular complexity index is 821. The maximum absolute atomic E-state index is 13.4. The fourth-order valence-corrected chi connectivity index (χ4v) is 4.15. The molecule has 1 aromatic rings. The summed E-state index contributed by atoms with van der Waals surface area (Å²) in [6.07, 6.45) is 9.53. The highest BCUT2D eigenvalue weighted by atomic mass is 19.1. The number of nitrogens with zero attached hydrogens (tertiary/aromatic N) is 1. The Balaban J connectivity index is 1.66. The molecule has 162 valence electrons. The summed E-state index contributed by atoms with van der Waals surface area (Å²) in [6.45, 7) is 2.17. The van der Waals surface area contributed by atoms with Crippen LogP contribution in [0.15, 0.2) is 35.9 Å². The van der Waals surface area contributed by atoms with Gasteiger partial charge in [0, 0.05) is 6.54 Å². The van der Waals surface area contributed by atoms with Crippen LogP contribution < -0.4 is 10.6 Å². The summed E-state index contributed by atoms with van der Waals surface area (Å²) in [6, 6.07) is 5.00. The predicted molar refractivity (Wildman–Crippen MR) is 112 cm³/mol. The summed E-state index contributed by atoms with van der Waals surface area (Å²) in [5, 5.41) is 5.59. The van der Waals surface area contributed by atoms with Gasteiger partial charge in [-0.3, -0.25) is 14.5 Å². The predicted octanol–water partition coefficient (Wildman–Crippen LogP) is 3.77. The van der Waals surface area contributed by atoms with E-state index in [1.165, 1.54) is 42.7 Å². The van der Waals surface area contributed by atoms with Crippen LogP contribution in [0.25, 0.3) is 0 Å². The number of nitrogens with one attached hydrogen (secondary N) is 2. The molecule has 4 amide bonds. The van der Waals surface area contributed by atoms with Gasteiger partial charge in [0.25, 0.3) is 5.91 Å². The van der Waals surface area contributed by atoms with E-state index in [1.54, 1.807) is 0 Å². The number of carbonyl (C=O) groups excluding carboxylic acids is 3. The first-order valence-electron chi connectivity index (χ1n) is 10.8. The third-order valence-electron chi connectivity index (χ3n) is 5.87. The van der Waals surface area contributed by atoms with Crippen LogP contribution in [0, 0.1) is 5.82 Å². The van der Waals surface area contributed by atoms with Gasteiger partial charge in [-0.2, -0.15) is 0 Å². The lowest BCUT2D eigenvalue weighted by Gasteiger charge is -2.27. The lowest BCUT2D eigenvalue weighted by molar-refractivity contribution is -0.135. The third-order valence-corrected chi connectivity index (χ3v) is 5.87. The van der Waals surface area contributed by atoms with Crippen molar-refractivity contribution in [1.29, 1.82) is 0 Å². The molecule has 3 rings (SSSR count). The molecular formula is C23H30FN3O3. The zero-order valence-electron chi connectivity index (χ0n) is 17.5. The normalized spacial score (nSPS) is 21.4. The molecule has 1 aromatic carbocycles. The molecule has 1 atom stereocenters. The summed E-state index contributed by atoms with van der Waals surface area (Å²) >= 11 is 0. The van der Waals surface area contributed by atoms with Gasteiger partial charge in [-0.05, 0) is 56.2 Å². The molecule has 1 unspecified atom stereocenters. The maximum atomic E-state index is 13.4. The van der Waals surface area contributed by atoms with Crippen LogP contribution in [0.4, 0.5) is 9.18 Å². The molecule has 2 aliphatic rings. The smallest absolute Gasteiger partial charge is 0.325 e. The average Bonchev–Trinajstić information content (AvgIpc) is 2.98. The Morgan fingerprint density at radius 1 is 1.23 bits per heavy atom. The number of unbranched alkanes of at least 4 members (excludes halogenated alkanes) is 1. The van der Waals surface area contributed by atoms with Gasteiger partial charge >= 0.3 is 6.03 Å². The SMILES string of the molecule is CCCCC1(c2ccc(F)cc2)NC(=O)N(CC(=O)NCCC2=CCCCC2)C1=O. The Hall–Kier alpha value is -2.70. The van der Waals surface area contributed by atoms with Gasteiger partial charge in [-0.1, -0.05) is 43.5 Å². The average molecular weight is 416 g/mol. The van der Waals surface area contributed by atoms with Crippen LogP contribution in [0.3, 0.4) is 0 Å². The summed E-state index contributed by atoms with van der Waals surface area (Å²) in [7, 11) is 0. The Kier molecular flexibility index (Phi) is 7.24. The molecule has 6 nitrogen and oxygen atoms in total. The van der Waals surface area contributed by atoms with Crippen molar-refractivity contribution in [2.24, 2.45) is 0 Å². The first kappa shape index (κ1) is 22.0. The molecule has 0 spiro atoms. The van der Waals surface area contributed by atoms with Crippen molar-refractivity contribution in [2.45, 2.75) is 63.8 Å². The summed E-state index contributed by atoms with van der Waals surface area (Å²) < 4.78 is 13.4. The molecule has 1 aliphatic heterocycles. The Morgan fingerprint density at radius 2 is 2.00 bits per heavy atom. The van der Waals surface area contributed by atoms with E-state index in [0.717, 1.165) is 30.6 Å². The van der Waals surface area contributed by atoms with E-state index >= 15 is 0 Å². The fourth-order valence-electron chi connectivity index (χ4n) is 4.15. The van der Waals surface area contributed by atoms with Crippen molar-refractivity contribution in [1.82, 2.24) is 15.5 Å². The van der Waals surface area contributed by atoms with Crippen LogP contribution in [-0.2, 0) is 15.1 Å². The lowest BCUT2D eigenvalue weighted by atomic mass is 9.85. The van der Waals surface area contributed by atoms with Gasteiger partial charge in [0.15, 0.2) is 0 Å². The number of amides is 4. The molecule has 0 radical (unpaired) electrons. The van der Waals surface area contributed by atoms with Crippen LogP contribution >= 0.6 is 0 Å². The molecule has 0 aromatic heterocycles. The monoisotopic (exact) mass is 415 g/mol. The quantitative estimate of drug-likeness (QED) is 0.476. The molecule has 0 saturated carbocycles. The Labute approximate surface area is 176 Å². The topological polar surface area (TPSA) is 78.5 Å². The molecule has 1 heterocycles. The highest BCUT2D eigenvalue weighted by Crippen LogP contribution is 2.34. The highest BCUT2D eigenvalue weighted by Gasteiger charge is 2.52. The van der Waals surface area contributed by atoms with E-state index in [2.05, 4.69) is 16.7 Å². The summed E-state index contributed by atoms with van der Waals surface area (Å²) in [5.74, 6) is -1.23. The van der Waals surface area contributed by atoms with Gasteiger partial charge in [-0.25, -0.2) is 9.18 Å². The van der Waals surface area contributed by atoms with E-state index in [0.29, 0.717) is 24.9 Å². The molecule has 1 saturated heterocycles. The number of imide groups is 1. The zero-order valence-corrected chi connectivity index (χ0v) is 17.5. The largest absolute Gasteiger partial charge is 0.354 e. The third kappa shape index (κ3) is 4.89. The van der Waals surface area contributed by atoms with Gasteiger partial charge in [0.2, 0.25) is 5.91 Å². The Morgan fingerprint density at radius 3 is 2.67 bits per heavy atom. The number of urea groups is 1. The molecule has 0 bridgehead atoms. The second-order valence-electron chi connectivity index (χ2n) is 8.05. The minimum atomic E-state index is -1.26. The number of hydrogen-bond acceptors (Lipinski definition) is 3. The molecule has 1 aliphatic carbocycles. The lowest BCUT2D eigenvalue weighted by Crippen LogP contribution is -2.45. The van der Waals surface area contributed by atoms with Crippen molar-refractivity contribution < 1.29 is 18.8 Å². The molecule has 2 N–H and O–H groups in total. The number of benzene rings is 1. The van der Waals surface area contributed by atoms with E-state index in [9.17, 15) is 18.8 Å². The van der Waals surface area contributed by atoms with Crippen molar-refractivity contribution in [3.63, 3.8) is 0 Å². The number of halogens is 1. The number of carbonyl (C=O) groups is 3. The zero-order chi connectivity index (χ0) is 21.6. The van der Waals surface area contributed by atoms with E-state index in [4.69, 9.17) is 0 Å². The van der Waals surface area contributed by atoms with Gasteiger partial charge in [0.1, 0.15) is 17.9 Å². The van der Waals surface area contributed by atoms with Crippen molar-refractivity contribution >= 4 is 17.8 Å². The standard InChI is InChI=1S/C23H30FN3O3/c1-2-3-14-23(18-9-11-19(24)12-10-18)21(29)27(22(30)26-23)16-20(28)25-15-13-17-7-5-4-6-8-17/h7,9-12H,2-6,8,13-16H2,1H3,(H,25,28)(H,26,30). The summed E-state index contributed by atoms with van der Waals surface area (Å²) in [5.41, 5.74) is 0.628. The number of hydrogen-bond donors (Lipinski definition) is 2. The second-order valence-corrected chi connectivity index (χ2v) is 8.05. The van der Waals surface area contributed by atoms with Crippen LogP contribution in [0.1, 0.15) is 63.9 Å². The minimum absolute atomic E-state index is 0.321. The minimum Gasteiger partial charge on any atom is -0.354 e. The highest BCUT2D eigenvalue weighted by molar-refractivity contribution is 6.09. The van der Waals surface area contributed by atoms with Gasteiger partial charge in [0.05, 0.1) is 0 Å².